The zero-order valence-electron chi connectivity index (χ0n) is 9.49. The van der Waals surface area contributed by atoms with E-state index in [2.05, 4.69) is 10.3 Å². The van der Waals surface area contributed by atoms with Crippen molar-refractivity contribution >= 4 is 5.91 Å². The standard InChI is InChI=1S/C12H17N3O/c1-9-7-10(3-6-14-9)11(16)15-12(8-13)4-2-5-12/h3,6-7H,2,4-5,8,13H2,1H3,(H,15,16). The molecule has 0 unspecified atom stereocenters. The zero-order valence-corrected chi connectivity index (χ0v) is 9.49. The van der Waals surface area contributed by atoms with Gasteiger partial charge in [0.15, 0.2) is 0 Å². The topological polar surface area (TPSA) is 68.0 Å². The maximum Gasteiger partial charge on any atom is 0.251 e. The van der Waals surface area contributed by atoms with E-state index < -0.39 is 0 Å². The number of carbonyl (C=O) groups excluding carboxylic acids is 1. The third-order valence-electron chi connectivity index (χ3n) is 3.24. The van der Waals surface area contributed by atoms with Gasteiger partial charge in [-0.25, -0.2) is 0 Å². The highest BCUT2D eigenvalue weighted by molar-refractivity contribution is 5.94. The van der Waals surface area contributed by atoms with E-state index >= 15 is 0 Å². The molecule has 0 radical (unpaired) electrons. The molecular formula is C12H17N3O. The Morgan fingerprint density at radius 3 is 2.88 bits per heavy atom. The van der Waals surface area contributed by atoms with Gasteiger partial charge in [-0.05, 0) is 38.3 Å². The fourth-order valence-electron chi connectivity index (χ4n) is 1.98. The van der Waals surface area contributed by atoms with Crippen LogP contribution in [0.2, 0.25) is 0 Å². The summed E-state index contributed by atoms with van der Waals surface area (Å²) in [5, 5.41) is 3.03. The zero-order chi connectivity index (χ0) is 11.6. The second-order valence-electron chi connectivity index (χ2n) is 4.48. The van der Waals surface area contributed by atoms with E-state index in [0.29, 0.717) is 12.1 Å². The highest BCUT2D eigenvalue weighted by atomic mass is 16.1. The molecule has 0 aliphatic heterocycles. The highest BCUT2D eigenvalue weighted by Crippen LogP contribution is 2.30. The van der Waals surface area contributed by atoms with Crippen molar-refractivity contribution in [2.75, 3.05) is 6.54 Å². The Kier molecular flexibility index (Phi) is 2.92. The van der Waals surface area contributed by atoms with E-state index in [1.165, 1.54) is 0 Å². The lowest BCUT2D eigenvalue weighted by Crippen LogP contribution is -2.58. The van der Waals surface area contributed by atoms with Crippen molar-refractivity contribution in [2.24, 2.45) is 5.73 Å². The van der Waals surface area contributed by atoms with Gasteiger partial charge in [-0.2, -0.15) is 0 Å². The normalized spacial score (nSPS) is 17.6. The van der Waals surface area contributed by atoms with Gasteiger partial charge >= 0.3 is 0 Å². The van der Waals surface area contributed by atoms with E-state index in [4.69, 9.17) is 5.73 Å². The minimum Gasteiger partial charge on any atom is -0.345 e. The molecule has 1 aromatic heterocycles. The highest BCUT2D eigenvalue weighted by Gasteiger charge is 2.37. The van der Waals surface area contributed by atoms with Crippen LogP contribution in [0, 0.1) is 6.92 Å². The lowest BCUT2D eigenvalue weighted by Gasteiger charge is -2.41. The van der Waals surface area contributed by atoms with Crippen molar-refractivity contribution in [3.05, 3.63) is 29.6 Å². The van der Waals surface area contributed by atoms with Gasteiger partial charge in [0.25, 0.3) is 5.91 Å². The number of nitrogens with zero attached hydrogens (tertiary/aromatic N) is 1. The molecule has 1 aliphatic rings. The summed E-state index contributed by atoms with van der Waals surface area (Å²) in [6.45, 7) is 2.39. The molecule has 1 aromatic rings. The summed E-state index contributed by atoms with van der Waals surface area (Å²) >= 11 is 0. The first kappa shape index (κ1) is 11.1. The molecule has 1 fully saturated rings. The maximum absolute atomic E-state index is 12.0. The van der Waals surface area contributed by atoms with Crippen molar-refractivity contribution in [2.45, 2.75) is 31.7 Å². The Labute approximate surface area is 95.3 Å². The molecule has 1 aliphatic carbocycles. The Bertz CT molecular complexity index is 393. The van der Waals surface area contributed by atoms with E-state index in [1.54, 1.807) is 18.3 Å². The summed E-state index contributed by atoms with van der Waals surface area (Å²) in [6, 6.07) is 3.52. The largest absolute Gasteiger partial charge is 0.345 e. The van der Waals surface area contributed by atoms with E-state index in [0.717, 1.165) is 25.0 Å². The van der Waals surface area contributed by atoms with Gasteiger partial charge in [0, 0.05) is 24.0 Å². The Hall–Kier alpha value is -1.42. The van der Waals surface area contributed by atoms with E-state index in [-0.39, 0.29) is 11.4 Å². The summed E-state index contributed by atoms with van der Waals surface area (Å²) in [5.41, 5.74) is 7.05. The number of hydrogen-bond acceptors (Lipinski definition) is 3. The molecule has 0 bridgehead atoms. The number of pyridine rings is 1. The average Bonchev–Trinajstić information content (AvgIpc) is 2.23. The third-order valence-corrected chi connectivity index (χ3v) is 3.24. The van der Waals surface area contributed by atoms with Crippen LogP contribution in [0.15, 0.2) is 18.3 Å². The molecule has 0 atom stereocenters. The van der Waals surface area contributed by atoms with Crippen LogP contribution in [-0.2, 0) is 0 Å². The first-order valence-corrected chi connectivity index (χ1v) is 5.60. The predicted molar refractivity (Wildman–Crippen MR) is 62.1 cm³/mol. The molecule has 1 amide bonds. The van der Waals surface area contributed by atoms with Crippen LogP contribution in [-0.4, -0.2) is 23.0 Å². The average molecular weight is 219 g/mol. The van der Waals surface area contributed by atoms with E-state index in [1.807, 2.05) is 6.92 Å². The van der Waals surface area contributed by atoms with Crippen molar-refractivity contribution in [1.29, 1.82) is 0 Å². The quantitative estimate of drug-likeness (QED) is 0.797. The number of aryl methyl sites for hydroxylation is 1. The first-order chi connectivity index (χ1) is 7.65. The van der Waals surface area contributed by atoms with Gasteiger partial charge < -0.3 is 11.1 Å². The summed E-state index contributed by atoms with van der Waals surface area (Å²) in [7, 11) is 0. The molecule has 1 heterocycles. The van der Waals surface area contributed by atoms with Gasteiger partial charge in [-0.3, -0.25) is 9.78 Å². The fourth-order valence-corrected chi connectivity index (χ4v) is 1.98. The maximum atomic E-state index is 12.0. The number of amides is 1. The van der Waals surface area contributed by atoms with E-state index in [9.17, 15) is 4.79 Å². The third kappa shape index (κ3) is 2.07. The molecule has 4 heteroatoms. The first-order valence-electron chi connectivity index (χ1n) is 5.60. The summed E-state index contributed by atoms with van der Waals surface area (Å²) < 4.78 is 0. The predicted octanol–water partition coefficient (Wildman–Crippen LogP) is 1.00. The Morgan fingerprint density at radius 2 is 2.38 bits per heavy atom. The Balaban J connectivity index is 2.08. The molecule has 4 nitrogen and oxygen atoms in total. The van der Waals surface area contributed by atoms with Gasteiger partial charge in [0.1, 0.15) is 0 Å². The second-order valence-corrected chi connectivity index (χ2v) is 4.48. The Morgan fingerprint density at radius 1 is 1.62 bits per heavy atom. The lowest BCUT2D eigenvalue weighted by atomic mass is 9.76. The molecule has 0 aromatic carbocycles. The van der Waals surface area contributed by atoms with Gasteiger partial charge in [0.05, 0.1) is 5.54 Å². The van der Waals surface area contributed by atoms with Crippen LogP contribution in [0.25, 0.3) is 0 Å². The smallest absolute Gasteiger partial charge is 0.251 e. The molecular weight excluding hydrogens is 202 g/mol. The number of nitrogens with one attached hydrogen (secondary N) is 1. The number of rotatable bonds is 3. The van der Waals surface area contributed by atoms with Crippen molar-refractivity contribution in [3.63, 3.8) is 0 Å². The van der Waals surface area contributed by atoms with Gasteiger partial charge in [-0.15, -0.1) is 0 Å². The number of aromatic nitrogens is 1. The second kappa shape index (κ2) is 4.22. The summed E-state index contributed by atoms with van der Waals surface area (Å²) in [4.78, 5) is 16.0. The molecule has 1 saturated carbocycles. The molecule has 2 rings (SSSR count). The number of nitrogens with two attached hydrogens (primary N) is 1. The number of carbonyl (C=O) groups is 1. The van der Waals surface area contributed by atoms with Crippen molar-refractivity contribution < 1.29 is 4.79 Å². The van der Waals surface area contributed by atoms with Crippen LogP contribution in [0.4, 0.5) is 0 Å². The van der Waals surface area contributed by atoms with Gasteiger partial charge in [-0.1, -0.05) is 0 Å². The molecule has 86 valence electrons. The number of hydrogen-bond donors (Lipinski definition) is 2. The van der Waals surface area contributed by atoms with Crippen LogP contribution in [0.1, 0.15) is 35.3 Å². The minimum atomic E-state index is -0.158. The van der Waals surface area contributed by atoms with Crippen LogP contribution < -0.4 is 11.1 Å². The molecule has 16 heavy (non-hydrogen) atoms. The SMILES string of the molecule is Cc1cc(C(=O)NC2(CN)CCC2)ccn1. The fraction of sp³-hybridized carbons (Fsp3) is 0.500. The molecule has 0 saturated heterocycles. The van der Waals surface area contributed by atoms with Crippen molar-refractivity contribution in [1.82, 2.24) is 10.3 Å². The van der Waals surface area contributed by atoms with Crippen LogP contribution in [0.5, 0.6) is 0 Å². The van der Waals surface area contributed by atoms with Crippen molar-refractivity contribution in [3.8, 4) is 0 Å². The van der Waals surface area contributed by atoms with Gasteiger partial charge in [0.2, 0.25) is 0 Å². The molecule has 0 spiro atoms. The minimum absolute atomic E-state index is 0.0457. The van der Waals surface area contributed by atoms with Crippen LogP contribution >= 0.6 is 0 Å². The van der Waals surface area contributed by atoms with Crippen LogP contribution in [0.3, 0.4) is 0 Å². The molecule has 3 N–H and O–H groups in total. The lowest BCUT2D eigenvalue weighted by molar-refractivity contribution is 0.0837. The monoisotopic (exact) mass is 219 g/mol. The summed E-state index contributed by atoms with van der Waals surface area (Å²) in [5.74, 6) is -0.0457. The summed E-state index contributed by atoms with van der Waals surface area (Å²) in [6.07, 6.45) is 4.77.